The summed E-state index contributed by atoms with van der Waals surface area (Å²) in [6, 6.07) is 3.45. The van der Waals surface area contributed by atoms with Crippen LogP contribution in [0.1, 0.15) is 50.2 Å². The average molecular weight is 310 g/mol. The van der Waals surface area contributed by atoms with Crippen molar-refractivity contribution in [2.75, 3.05) is 5.73 Å². The van der Waals surface area contributed by atoms with Gasteiger partial charge in [-0.2, -0.15) is 0 Å². The first-order valence-corrected chi connectivity index (χ1v) is 9.21. The number of nitrogens with one attached hydrogen (secondary N) is 1. The Balaban J connectivity index is 2.14. The maximum absolute atomic E-state index is 12.5. The zero-order chi connectivity index (χ0) is 15.6. The van der Waals surface area contributed by atoms with Gasteiger partial charge in [-0.3, -0.25) is 0 Å². The third-order valence-electron chi connectivity index (χ3n) is 4.66. The SMILES string of the molecule is CCC1CCC(NS(=O)(=O)c2cc(C)c(C)cc2N)CC1. The first kappa shape index (κ1) is 16.3. The molecule has 0 amide bonds. The molecule has 0 unspecified atom stereocenters. The summed E-state index contributed by atoms with van der Waals surface area (Å²) in [6.07, 6.45) is 5.23. The summed E-state index contributed by atoms with van der Waals surface area (Å²) in [4.78, 5) is 0.211. The molecule has 4 nitrogen and oxygen atoms in total. The van der Waals surface area contributed by atoms with Crippen LogP contribution in [0.5, 0.6) is 0 Å². The van der Waals surface area contributed by atoms with Gasteiger partial charge in [0.25, 0.3) is 0 Å². The molecule has 1 aliphatic carbocycles. The minimum Gasteiger partial charge on any atom is -0.398 e. The molecule has 0 aliphatic heterocycles. The molecule has 118 valence electrons. The van der Waals surface area contributed by atoms with E-state index in [1.54, 1.807) is 12.1 Å². The van der Waals surface area contributed by atoms with Gasteiger partial charge in [-0.05, 0) is 68.7 Å². The number of nitrogen functional groups attached to an aromatic ring is 1. The van der Waals surface area contributed by atoms with Crippen molar-refractivity contribution in [2.24, 2.45) is 5.92 Å². The highest BCUT2D eigenvalue weighted by Gasteiger charge is 2.26. The monoisotopic (exact) mass is 310 g/mol. The number of benzene rings is 1. The van der Waals surface area contributed by atoms with Crippen molar-refractivity contribution < 1.29 is 8.42 Å². The van der Waals surface area contributed by atoms with Gasteiger partial charge >= 0.3 is 0 Å². The maximum atomic E-state index is 12.5. The quantitative estimate of drug-likeness (QED) is 0.839. The van der Waals surface area contributed by atoms with Gasteiger partial charge in [0, 0.05) is 6.04 Å². The Morgan fingerprint density at radius 1 is 1.14 bits per heavy atom. The first-order chi connectivity index (χ1) is 9.83. The third-order valence-corrected chi connectivity index (χ3v) is 6.24. The Hall–Kier alpha value is -1.07. The fraction of sp³-hybridized carbons (Fsp3) is 0.625. The van der Waals surface area contributed by atoms with Gasteiger partial charge in [-0.25, -0.2) is 13.1 Å². The van der Waals surface area contributed by atoms with Crippen LogP contribution in [0, 0.1) is 19.8 Å². The van der Waals surface area contributed by atoms with Crippen LogP contribution < -0.4 is 10.5 Å². The molecule has 0 atom stereocenters. The zero-order valence-electron chi connectivity index (χ0n) is 13.1. The van der Waals surface area contributed by atoms with Crippen molar-refractivity contribution in [1.29, 1.82) is 0 Å². The van der Waals surface area contributed by atoms with E-state index in [9.17, 15) is 8.42 Å². The minimum absolute atomic E-state index is 0.0406. The van der Waals surface area contributed by atoms with Crippen molar-refractivity contribution >= 4 is 15.7 Å². The fourth-order valence-corrected chi connectivity index (χ4v) is 4.52. The average Bonchev–Trinajstić information content (AvgIpc) is 2.43. The van der Waals surface area contributed by atoms with Crippen LogP contribution in [-0.2, 0) is 10.0 Å². The van der Waals surface area contributed by atoms with Crippen molar-refractivity contribution in [3.05, 3.63) is 23.3 Å². The van der Waals surface area contributed by atoms with Crippen LogP contribution in [0.2, 0.25) is 0 Å². The zero-order valence-corrected chi connectivity index (χ0v) is 14.0. The molecule has 0 aromatic heterocycles. The molecule has 1 fully saturated rings. The number of aryl methyl sites for hydroxylation is 2. The Kier molecular flexibility index (Phi) is 4.94. The van der Waals surface area contributed by atoms with Crippen LogP contribution in [-0.4, -0.2) is 14.5 Å². The molecule has 2 rings (SSSR count). The largest absolute Gasteiger partial charge is 0.398 e. The summed E-state index contributed by atoms with van der Waals surface area (Å²) < 4.78 is 27.9. The molecule has 5 heteroatoms. The Labute approximate surface area is 128 Å². The van der Waals surface area contributed by atoms with E-state index < -0.39 is 10.0 Å². The molecule has 3 N–H and O–H groups in total. The molecule has 21 heavy (non-hydrogen) atoms. The number of hydrogen-bond donors (Lipinski definition) is 2. The Morgan fingerprint density at radius 3 is 2.29 bits per heavy atom. The van der Waals surface area contributed by atoms with Crippen LogP contribution in [0.4, 0.5) is 5.69 Å². The van der Waals surface area contributed by atoms with Gasteiger partial charge in [-0.15, -0.1) is 0 Å². The second-order valence-corrected chi connectivity index (χ2v) is 7.90. The van der Waals surface area contributed by atoms with Crippen LogP contribution in [0.3, 0.4) is 0 Å². The molecular formula is C16H26N2O2S. The second-order valence-electron chi connectivity index (χ2n) is 6.22. The van der Waals surface area contributed by atoms with Crippen molar-refractivity contribution in [3.8, 4) is 0 Å². The minimum atomic E-state index is -3.53. The van der Waals surface area contributed by atoms with E-state index in [1.165, 1.54) is 6.42 Å². The van der Waals surface area contributed by atoms with Gasteiger partial charge in [0.05, 0.1) is 5.69 Å². The van der Waals surface area contributed by atoms with E-state index in [4.69, 9.17) is 5.73 Å². The summed E-state index contributed by atoms with van der Waals surface area (Å²) in [5.41, 5.74) is 8.19. The number of anilines is 1. The van der Waals surface area contributed by atoms with Crippen molar-refractivity contribution in [1.82, 2.24) is 4.72 Å². The number of nitrogens with two attached hydrogens (primary N) is 1. The predicted octanol–water partition coefficient (Wildman–Crippen LogP) is 3.13. The molecule has 0 heterocycles. The summed E-state index contributed by atoms with van der Waals surface area (Å²) in [7, 11) is -3.53. The first-order valence-electron chi connectivity index (χ1n) is 7.72. The van der Waals surface area contributed by atoms with E-state index in [-0.39, 0.29) is 10.9 Å². The van der Waals surface area contributed by atoms with Gasteiger partial charge in [-0.1, -0.05) is 13.3 Å². The van der Waals surface area contributed by atoms with Crippen LogP contribution in [0.15, 0.2) is 17.0 Å². The fourth-order valence-electron chi connectivity index (χ4n) is 3.02. The molecule has 1 aromatic rings. The smallest absolute Gasteiger partial charge is 0.242 e. The lowest BCUT2D eigenvalue weighted by atomic mass is 9.85. The molecule has 1 saturated carbocycles. The van der Waals surface area contributed by atoms with Crippen molar-refractivity contribution in [3.63, 3.8) is 0 Å². The molecule has 0 bridgehead atoms. The molecular weight excluding hydrogens is 284 g/mol. The van der Waals surface area contributed by atoms with E-state index in [0.717, 1.165) is 42.7 Å². The van der Waals surface area contributed by atoms with E-state index in [0.29, 0.717) is 5.69 Å². The molecule has 0 spiro atoms. The topological polar surface area (TPSA) is 72.2 Å². The van der Waals surface area contributed by atoms with Crippen LogP contribution in [0.25, 0.3) is 0 Å². The number of rotatable bonds is 4. The van der Waals surface area contributed by atoms with Gasteiger partial charge in [0.1, 0.15) is 4.90 Å². The lowest BCUT2D eigenvalue weighted by molar-refractivity contribution is 0.306. The highest BCUT2D eigenvalue weighted by atomic mass is 32.2. The Bertz CT molecular complexity index is 603. The second kappa shape index (κ2) is 6.36. The summed E-state index contributed by atoms with van der Waals surface area (Å²) in [6.45, 7) is 6.03. The summed E-state index contributed by atoms with van der Waals surface area (Å²) >= 11 is 0. The lowest BCUT2D eigenvalue weighted by Gasteiger charge is -2.28. The van der Waals surface area contributed by atoms with Crippen LogP contribution >= 0.6 is 0 Å². The van der Waals surface area contributed by atoms with E-state index >= 15 is 0 Å². The molecule has 0 radical (unpaired) electrons. The molecule has 1 aliphatic rings. The summed E-state index contributed by atoms with van der Waals surface area (Å²) in [5.74, 6) is 0.748. The maximum Gasteiger partial charge on any atom is 0.242 e. The van der Waals surface area contributed by atoms with E-state index in [2.05, 4.69) is 11.6 Å². The van der Waals surface area contributed by atoms with Crippen molar-refractivity contribution in [2.45, 2.75) is 63.8 Å². The number of sulfonamides is 1. The van der Waals surface area contributed by atoms with Gasteiger partial charge < -0.3 is 5.73 Å². The lowest BCUT2D eigenvalue weighted by Crippen LogP contribution is -2.37. The van der Waals surface area contributed by atoms with E-state index in [1.807, 2.05) is 13.8 Å². The normalized spacial score (nSPS) is 23.2. The molecule has 0 saturated heterocycles. The standard InChI is InChI=1S/C16H26N2O2S/c1-4-13-5-7-14(8-6-13)18-21(19,20)16-10-12(3)11(2)9-15(16)17/h9-10,13-14,18H,4-8,17H2,1-3H3. The summed E-state index contributed by atoms with van der Waals surface area (Å²) in [5, 5.41) is 0. The van der Waals surface area contributed by atoms with Gasteiger partial charge in [0.2, 0.25) is 10.0 Å². The third kappa shape index (κ3) is 3.77. The highest BCUT2D eigenvalue weighted by molar-refractivity contribution is 7.89. The Morgan fingerprint density at radius 2 is 1.71 bits per heavy atom. The molecule has 1 aromatic carbocycles. The highest BCUT2D eigenvalue weighted by Crippen LogP contribution is 2.28. The van der Waals surface area contributed by atoms with Gasteiger partial charge in [0.15, 0.2) is 0 Å². The predicted molar refractivity (Wildman–Crippen MR) is 86.7 cm³/mol. The number of hydrogen-bond acceptors (Lipinski definition) is 3.